The van der Waals surface area contributed by atoms with Crippen molar-refractivity contribution in [2.45, 2.75) is 25.6 Å². The third-order valence-electron chi connectivity index (χ3n) is 6.09. The van der Waals surface area contributed by atoms with Crippen molar-refractivity contribution in [1.29, 1.82) is 0 Å². The molecule has 4 rings (SSSR count). The first-order chi connectivity index (χ1) is 16.2. The maximum Gasteiger partial charge on any atom is 0.416 e. The van der Waals surface area contributed by atoms with Crippen LogP contribution in [0.25, 0.3) is 0 Å². The number of ether oxygens (including phenoxy) is 1. The number of morpholine rings is 1. The Hall–Kier alpha value is -3.12. The fraction of sp³-hybridized carbons (Fsp3) is 0.500. The van der Waals surface area contributed by atoms with Crippen LogP contribution in [0.3, 0.4) is 0 Å². The SMILES string of the molecule is CCN1C(=O)NC(c2ccccc2C(F)(F)F)C2=C1CN(CCC(=O)NN1CCOCC1)C2=O. The molecule has 0 saturated carbocycles. The lowest BCUT2D eigenvalue weighted by molar-refractivity contribution is -0.138. The Bertz CT molecular complexity index is 1010. The van der Waals surface area contributed by atoms with E-state index in [0.717, 1.165) is 6.07 Å². The minimum atomic E-state index is -4.65. The van der Waals surface area contributed by atoms with Crippen LogP contribution < -0.4 is 10.7 Å². The Kier molecular flexibility index (Phi) is 6.80. The number of hydrazine groups is 1. The smallest absolute Gasteiger partial charge is 0.379 e. The molecule has 1 atom stereocenters. The van der Waals surface area contributed by atoms with E-state index in [1.165, 1.54) is 28.0 Å². The van der Waals surface area contributed by atoms with Crippen LogP contribution in [-0.2, 0) is 20.5 Å². The monoisotopic (exact) mass is 481 g/mol. The van der Waals surface area contributed by atoms with Crippen LogP contribution in [0.5, 0.6) is 0 Å². The summed E-state index contributed by atoms with van der Waals surface area (Å²) in [6.45, 7) is 4.22. The maximum atomic E-state index is 13.7. The largest absolute Gasteiger partial charge is 0.416 e. The normalized spacial score (nSPS) is 21.6. The van der Waals surface area contributed by atoms with Gasteiger partial charge in [-0.3, -0.25) is 19.9 Å². The van der Waals surface area contributed by atoms with Gasteiger partial charge in [-0.1, -0.05) is 18.2 Å². The van der Waals surface area contributed by atoms with Crippen LogP contribution >= 0.6 is 0 Å². The Morgan fingerprint density at radius 1 is 1.21 bits per heavy atom. The van der Waals surface area contributed by atoms with Crippen molar-refractivity contribution in [1.82, 2.24) is 25.6 Å². The molecular weight excluding hydrogens is 455 g/mol. The van der Waals surface area contributed by atoms with Crippen molar-refractivity contribution >= 4 is 17.8 Å². The number of urea groups is 1. The fourth-order valence-corrected chi connectivity index (χ4v) is 4.45. The molecule has 0 spiro atoms. The molecular formula is C22H26F3N5O4. The summed E-state index contributed by atoms with van der Waals surface area (Å²) < 4.78 is 46.3. The first-order valence-corrected chi connectivity index (χ1v) is 11.1. The highest BCUT2D eigenvalue weighted by atomic mass is 19.4. The predicted octanol–water partition coefficient (Wildman–Crippen LogP) is 1.64. The predicted molar refractivity (Wildman–Crippen MR) is 114 cm³/mol. The second kappa shape index (κ2) is 9.63. The number of alkyl halides is 3. The van der Waals surface area contributed by atoms with E-state index in [4.69, 9.17) is 4.74 Å². The molecule has 3 aliphatic heterocycles. The highest BCUT2D eigenvalue weighted by Crippen LogP contribution is 2.41. The van der Waals surface area contributed by atoms with Gasteiger partial charge in [-0.15, -0.1) is 0 Å². The molecule has 3 aliphatic rings. The Labute approximate surface area is 194 Å². The molecule has 1 saturated heterocycles. The van der Waals surface area contributed by atoms with Gasteiger partial charge < -0.3 is 15.0 Å². The lowest BCUT2D eigenvalue weighted by Gasteiger charge is -2.33. The molecule has 12 heteroatoms. The van der Waals surface area contributed by atoms with Crippen LogP contribution in [0.2, 0.25) is 0 Å². The van der Waals surface area contributed by atoms with E-state index in [1.807, 2.05) is 0 Å². The molecule has 1 aromatic carbocycles. The molecule has 3 heterocycles. The zero-order valence-electron chi connectivity index (χ0n) is 18.7. The Morgan fingerprint density at radius 2 is 1.91 bits per heavy atom. The number of carbonyl (C=O) groups excluding carboxylic acids is 3. The van der Waals surface area contributed by atoms with Gasteiger partial charge in [0.15, 0.2) is 0 Å². The number of hydrogen-bond acceptors (Lipinski definition) is 5. The summed E-state index contributed by atoms with van der Waals surface area (Å²) in [4.78, 5) is 41.1. The molecule has 1 aromatic rings. The molecule has 0 radical (unpaired) electrons. The molecule has 34 heavy (non-hydrogen) atoms. The van der Waals surface area contributed by atoms with Crippen LogP contribution in [-0.4, -0.2) is 78.6 Å². The maximum absolute atomic E-state index is 13.7. The van der Waals surface area contributed by atoms with Crippen molar-refractivity contribution in [2.75, 3.05) is 45.9 Å². The summed E-state index contributed by atoms with van der Waals surface area (Å²) in [5.74, 6) is -0.769. The number of hydrogen-bond donors (Lipinski definition) is 2. The van der Waals surface area contributed by atoms with Gasteiger partial charge in [0, 0.05) is 32.6 Å². The van der Waals surface area contributed by atoms with Gasteiger partial charge in [-0.2, -0.15) is 13.2 Å². The lowest BCUT2D eigenvalue weighted by atomic mass is 9.91. The molecule has 0 bridgehead atoms. The zero-order valence-corrected chi connectivity index (χ0v) is 18.7. The van der Waals surface area contributed by atoms with Gasteiger partial charge in [-0.05, 0) is 18.6 Å². The quantitative estimate of drug-likeness (QED) is 0.645. The van der Waals surface area contributed by atoms with Gasteiger partial charge in [0.1, 0.15) is 0 Å². The lowest BCUT2D eigenvalue weighted by Crippen LogP contribution is -2.49. The van der Waals surface area contributed by atoms with E-state index in [-0.39, 0.29) is 43.1 Å². The number of nitrogens with one attached hydrogen (secondary N) is 2. The summed E-state index contributed by atoms with van der Waals surface area (Å²) in [5.41, 5.74) is 2.14. The standard InChI is InChI=1S/C22H26F3N5O4/c1-2-30-16-13-28(8-7-17(31)27-29-9-11-34-12-10-29)20(32)18(16)19(26-21(30)33)14-5-3-4-6-15(14)22(23,24)25/h3-6,19H,2,7-13H2,1H3,(H,26,33)(H,27,31). The van der Waals surface area contributed by atoms with Gasteiger partial charge in [0.25, 0.3) is 5.91 Å². The van der Waals surface area contributed by atoms with E-state index in [9.17, 15) is 27.6 Å². The number of benzene rings is 1. The highest BCUT2D eigenvalue weighted by Gasteiger charge is 2.46. The third kappa shape index (κ3) is 4.73. The number of likely N-dealkylation sites (N-methyl/N-ethyl adjacent to an activating group) is 1. The topological polar surface area (TPSA) is 94.2 Å². The minimum absolute atomic E-state index is 0.0148. The van der Waals surface area contributed by atoms with Gasteiger partial charge >= 0.3 is 12.2 Å². The van der Waals surface area contributed by atoms with Crippen molar-refractivity contribution in [3.63, 3.8) is 0 Å². The zero-order chi connectivity index (χ0) is 24.5. The molecule has 0 aliphatic carbocycles. The van der Waals surface area contributed by atoms with Gasteiger partial charge in [0.2, 0.25) is 5.91 Å². The van der Waals surface area contributed by atoms with Crippen molar-refractivity contribution < 1.29 is 32.3 Å². The molecule has 4 amide bonds. The molecule has 1 fully saturated rings. The summed E-state index contributed by atoms with van der Waals surface area (Å²) in [7, 11) is 0. The molecule has 1 unspecified atom stereocenters. The van der Waals surface area contributed by atoms with Gasteiger partial charge in [-0.25, -0.2) is 9.80 Å². The summed E-state index contributed by atoms with van der Waals surface area (Å²) in [6.07, 6.45) is -4.64. The van der Waals surface area contributed by atoms with Crippen molar-refractivity contribution in [3.8, 4) is 0 Å². The van der Waals surface area contributed by atoms with E-state index in [2.05, 4.69) is 10.7 Å². The molecule has 0 aromatic heterocycles. The van der Waals surface area contributed by atoms with Crippen LogP contribution in [0, 0.1) is 0 Å². The van der Waals surface area contributed by atoms with Crippen molar-refractivity contribution in [3.05, 3.63) is 46.7 Å². The van der Waals surface area contributed by atoms with E-state index >= 15 is 0 Å². The summed E-state index contributed by atoms with van der Waals surface area (Å²) in [6, 6.07) is 3.11. The number of rotatable bonds is 6. The van der Waals surface area contributed by atoms with Crippen LogP contribution in [0.1, 0.15) is 30.5 Å². The highest BCUT2D eigenvalue weighted by molar-refractivity contribution is 6.01. The second-order valence-electron chi connectivity index (χ2n) is 8.18. The van der Waals surface area contributed by atoms with E-state index < -0.39 is 29.7 Å². The van der Waals surface area contributed by atoms with E-state index in [0.29, 0.717) is 32.0 Å². The van der Waals surface area contributed by atoms with Gasteiger partial charge in [0.05, 0.1) is 42.6 Å². The third-order valence-corrected chi connectivity index (χ3v) is 6.09. The van der Waals surface area contributed by atoms with Crippen molar-refractivity contribution in [2.24, 2.45) is 0 Å². The minimum Gasteiger partial charge on any atom is -0.379 e. The molecule has 2 N–H and O–H groups in total. The number of halogens is 3. The average molecular weight is 481 g/mol. The first kappa shape index (κ1) is 24.0. The molecule has 9 nitrogen and oxygen atoms in total. The summed E-state index contributed by atoms with van der Waals surface area (Å²) >= 11 is 0. The fourth-order valence-electron chi connectivity index (χ4n) is 4.45. The van der Waals surface area contributed by atoms with Crippen LogP contribution in [0.15, 0.2) is 35.5 Å². The van der Waals surface area contributed by atoms with Crippen LogP contribution in [0.4, 0.5) is 18.0 Å². The number of nitrogens with zero attached hydrogens (tertiary/aromatic N) is 3. The Morgan fingerprint density at radius 3 is 2.59 bits per heavy atom. The summed E-state index contributed by atoms with van der Waals surface area (Å²) in [5, 5.41) is 4.31. The Balaban J connectivity index is 1.54. The first-order valence-electron chi connectivity index (χ1n) is 11.1. The average Bonchev–Trinajstić information content (AvgIpc) is 3.13. The number of carbonyl (C=O) groups is 3. The molecule has 184 valence electrons. The van der Waals surface area contributed by atoms with E-state index in [1.54, 1.807) is 11.9 Å². The number of amides is 4. The second-order valence-corrected chi connectivity index (χ2v) is 8.18.